The van der Waals surface area contributed by atoms with Gasteiger partial charge in [-0.2, -0.15) is 0 Å². The van der Waals surface area contributed by atoms with Crippen molar-refractivity contribution < 1.29 is 47.2 Å². The third kappa shape index (κ3) is 42.8. The fraction of sp³-hybridized carbons (Fsp3) is 0.625. The zero-order valence-electron chi connectivity index (χ0n) is 37.3. The van der Waals surface area contributed by atoms with Crippen molar-refractivity contribution >= 4 is 19.8 Å². The van der Waals surface area contributed by atoms with E-state index in [1.807, 2.05) is 39.4 Å². The number of aliphatic hydroxyl groups is 1. The minimum Gasteiger partial charge on any atom is -0.462 e. The number of rotatable bonds is 38. The minimum atomic E-state index is -4.42. The quantitative estimate of drug-likeness (QED) is 0.0156. The number of ether oxygens (including phenoxy) is 2. The standard InChI is InChI=1S/C48H80NO9P/c1-6-8-10-12-14-16-17-18-19-20-21-22-23-25-27-31-36-40-48(52)58-46(44-57-59(53,54)56-42-41-49(3,4)5)43-55-47(51)39-35-32-28-30-34-38-45(50)37-33-29-26-24-15-13-11-9-7-2/h8,10,14-16,18-19,21-22,24,28-30,33-34,38,45-46,50H,6-7,9,11-13,17,20,23,25-27,31-32,35-37,39-44H2,1-5H3/p+1/b10-8-,16-14-,19-18-,22-21-,24-15-,30-28+,33-29-,38-34-/t45?,46-/m1/s1. The van der Waals surface area contributed by atoms with Crippen molar-refractivity contribution in [1.82, 2.24) is 0 Å². The Hall–Kier alpha value is -3.11. The van der Waals surface area contributed by atoms with Gasteiger partial charge in [0.15, 0.2) is 6.10 Å². The summed E-state index contributed by atoms with van der Waals surface area (Å²) in [6.45, 7) is 4.05. The fourth-order valence-electron chi connectivity index (χ4n) is 5.19. The van der Waals surface area contributed by atoms with Gasteiger partial charge in [-0.05, 0) is 83.5 Å². The number of likely N-dealkylation sites (N-methyl/N-ethyl adjacent to an activating group) is 1. The first-order chi connectivity index (χ1) is 28.4. The topological polar surface area (TPSA) is 129 Å². The molecule has 11 heteroatoms. The maximum atomic E-state index is 12.7. The fourth-order valence-corrected chi connectivity index (χ4v) is 5.93. The monoisotopic (exact) mass is 847 g/mol. The molecule has 0 spiro atoms. The smallest absolute Gasteiger partial charge is 0.462 e. The van der Waals surface area contributed by atoms with Gasteiger partial charge in [0, 0.05) is 12.8 Å². The molecule has 0 saturated carbocycles. The molecule has 2 N–H and O–H groups in total. The highest BCUT2D eigenvalue weighted by Gasteiger charge is 2.27. The van der Waals surface area contributed by atoms with Crippen LogP contribution in [0.1, 0.15) is 136 Å². The number of phosphoric ester groups is 1. The molecule has 0 aliphatic heterocycles. The lowest BCUT2D eigenvalue weighted by Crippen LogP contribution is -2.37. The Morgan fingerprint density at radius 1 is 0.627 bits per heavy atom. The number of hydrogen-bond donors (Lipinski definition) is 2. The molecular formula is C48H81NO9P+. The van der Waals surface area contributed by atoms with Crippen LogP contribution in [0.5, 0.6) is 0 Å². The maximum Gasteiger partial charge on any atom is 0.472 e. The number of quaternary nitrogens is 1. The molecule has 336 valence electrons. The van der Waals surface area contributed by atoms with Crippen LogP contribution in [0.4, 0.5) is 0 Å². The molecular weight excluding hydrogens is 766 g/mol. The van der Waals surface area contributed by atoms with E-state index in [0.29, 0.717) is 36.7 Å². The third-order valence-electron chi connectivity index (χ3n) is 8.68. The van der Waals surface area contributed by atoms with Crippen LogP contribution in [0.25, 0.3) is 0 Å². The van der Waals surface area contributed by atoms with E-state index < -0.39 is 38.6 Å². The van der Waals surface area contributed by atoms with Gasteiger partial charge in [0.2, 0.25) is 0 Å². The van der Waals surface area contributed by atoms with Gasteiger partial charge < -0.3 is 24.0 Å². The summed E-state index contributed by atoms with van der Waals surface area (Å²) in [6, 6.07) is 0. The van der Waals surface area contributed by atoms with E-state index in [1.54, 1.807) is 12.2 Å². The van der Waals surface area contributed by atoms with E-state index in [-0.39, 0.29) is 26.1 Å². The third-order valence-corrected chi connectivity index (χ3v) is 9.66. The molecule has 0 aliphatic rings. The van der Waals surface area contributed by atoms with E-state index in [0.717, 1.165) is 64.2 Å². The Balaban J connectivity index is 4.60. The Labute approximate surface area is 358 Å². The summed E-state index contributed by atoms with van der Waals surface area (Å²) in [6.07, 6.45) is 47.7. The summed E-state index contributed by atoms with van der Waals surface area (Å²) in [7, 11) is 1.36. The van der Waals surface area contributed by atoms with Crippen LogP contribution < -0.4 is 0 Å². The van der Waals surface area contributed by atoms with Crippen LogP contribution in [-0.2, 0) is 32.7 Å². The summed E-state index contributed by atoms with van der Waals surface area (Å²) < 4.78 is 34.1. The average molecular weight is 847 g/mol. The van der Waals surface area contributed by atoms with Crippen molar-refractivity contribution in [2.75, 3.05) is 47.5 Å². The van der Waals surface area contributed by atoms with Crippen molar-refractivity contribution in [2.45, 2.75) is 148 Å². The van der Waals surface area contributed by atoms with Crippen molar-refractivity contribution in [1.29, 1.82) is 0 Å². The van der Waals surface area contributed by atoms with Crippen LogP contribution in [-0.4, -0.2) is 86.1 Å². The zero-order valence-corrected chi connectivity index (χ0v) is 38.2. The summed E-state index contributed by atoms with van der Waals surface area (Å²) in [5.74, 6) is -0.968. The number of hydrogen-bond acceptors (Lipinski definition) is 8. The Bertz CT molecular complexity index is 1340. The van der Waals surface area contributed by atoms with Crippen LogP contribution in [0.3, 0.4) is 0 Å². The van der Waals surface area contributed by atoms with Crippen LogP contribution in [0.15, 0.2) is 97.2 Å². The predicted octanol–water partition coefficient (Wildman–Crippen LogP) is 11.5. The molecule has 0 fully saturated rings. The van der Waals surface area contributed by atoms with Gasteiger partial charge in [0.1, 0.15) is 19.8 Å². The van der Waals surface area contributed by atoms with Crippen molar-refractivity contribution in [3.05, 3.63) is 97.2 Å². The number of esters is 2. The molecule has 2 unspecified atom stereocenters. The molecule has 0 saturated heterocycles. The van der Waals surface area contributed by atoms with Gasteiger partial charge >= 0.3 is 19.8 Å². The van der Waals surface area contributed by atoms with Gasteiger partial charge in [-0.25, -0.2) is 4.57 Å². The minimum absolute atomic E-state index is 0.00146. The summed E-state index contributed by atoms with van der Waals surface area (Å²) in [5, 5.41) is 10.1. The Morgan fingerprint density at radius 3 is 1.81 bits per heavy atom. The maximum absolute atomic E-state index is 12.7. The molecule has 0 aromatic carbocycles. The second kappa shape index (κ2) is 39.1. The van der Waals surface area contributed by atoms with Gasteiger partial charge in [0.25, 0.3) is 0 Å². The van der Waals surface area contributed by atoms with E-state index in [9.17, 15) is 24.2 Å². The number of carbonyl (C=O) groups is 2. The van der Waals surface area contributed by atoms with Gasteiger partial charge in [0.05, 0.1) is 33.9 Å². The predicted molar refractivity (Wildman–Crippen MR) is 244 cm³/mol. The molecule has 0 rings (SSSR count). The van der Waals surface area contributed by atoms with Crippen molar-refractivity contribution in [2.24, 2.45) is 0 Å². The van der Waals surface area contributed by atoms with Crippen molar-refractivity contribution in [3.63, 3.8) is 0 Å². The lowest BCUT2D eigenvalue weighted by molar-refractivity contribution is -0.870. The summed E-state index contributed by atoms with van der Waals surface area (Å²) in [5.41, 5.74) is 0. The zero-order chi connectivity index (χ0) is 43.7. The first-order valence-electron chi connectivity index (χ1n) is 22.1. The molecule has 59 heavy (non-hydrogen) atoms. The average Bonchev–Trinajstić information content (AvgIpc) is 3.18. The van der Waals surface area contributed by atoms with Crippen LogP contribution in [0.2, 0.25) is 0 Å². The number of phosphoric acid groups is 1. The number of carbonyl (C=O) groups excluding carboxylic acids is 2. The van der Waals surface area contributed by atoms with E-state index in [4.69, 9.17) is 18.5 Å². The molecule has 3 atom stereocenters. The largest absolute Gasteiger partial charge is 0.472 e. The van der Waals surface area contributed by atoms with Crippen molar-refractivity contribution in [3.8, 4) is 0 Å². The SMILES string of the molecule is CC/C=C\C/C=C\C/C=C\C/C=C\CCCCCCC(=O)O[C@H](COC(=O)CCC/C=C/C=C\C(O)C/C=C\C/C=C\CCCCC)COP(=O)(O)OCC[N+](C)(C)C. The van der Waals surface area contributed by atoms with Crippen LogP contribution >= 0.6 is 7.82 Å². The van der Waals surface area contributed by atoms with Gasteiger partial charge in [-0.15, -0.1) is 0 Å². The molecule has 0 aliphatic carbocycles. The molecule has 0 heterocycles. The molecule has 0 bridgehead atoms. The van der Waals surface area contributed by atoms with Crippen LogP contribution in [0, 0.1) is 0 Å². The number of allylic oxidation sites excluding steroid dienone is 14. The number of aliphatic hydroxyl groups excluding tert-OH is 1. The summed E-state index contributed by atoms with van der Waals surface area (Å²) in [4.78, 5) is 35.4. The van der Waals surface area contributed by atoms with Gasteiger partial charge in [-0.1, -0.05) is 137 Å². The number of nitrogens with zero attached hydrogens (tertiary/aromatic N) is 1. The second-order valence-corrected chi connectivity index (χ2v) is 17.0. The molecule has 0 amide bonds. The molecule has 0 aromatic heterocycles. The first-order valence-corrected chi connectivity index (χ1v) is 23.6. The second-order valence-electron chi connectivity index (χ2n) is 15.5. The highest BCUT2D eigenvalue weighted by Crippen LogP contribution is 2.43. The Morgan fingerprint density at radius 2 is 1.19 bits per heavy atom. The Kier molecular flexibility index (Phi) is 37.0. The number of unbranched alkanes of at least 4 members (excludes halogenated alkanes) is 8. The highest BCUT2D eigenvalue weighted by atomic mass is 31.2. The van der Waals surface area contributed by atoms with E-state index in [1.165, 1.54) is 19.3 Å². The van der Waals surface area contributed by atoms with E-state index >= 15 is 0 Å². The molecule has 0 aromatic rings. The summed E-state index contributed by atoms with van der Waals surface area (Å²) >= 11 is 0. The van der Waals surface area contributed by atoms with E-state index in [2.05, 4.69) is 80.7 Å². The highest BCUT2D eigenvalue weighted by molar-refractivity contribution is 7.47. The lowest BCUT2D eigenvalue weighted by Gasteiger charge is -2.24. The normalized spacial score (nSPS) is 15.0. The molecule has 10 nitrogen and oxygen atoms in total. The molecule has 0 radical (unpaired) electrons. The first kappa shape index (κ1) is 55.9. The lowest BCUT2D eigenvalue weighted by atomic mass is 10.1. The van der Waals surface area contributed by atoms with Gasteiger partial charge in [-0.3, -0.25) is 18.6 Å².